The summed E-state index contributed by atoms with van der Waals surface area (Å²) >= 11 is 5.84. The molecule has 0 unspecified atom stereocenters. The van der Waals surface area contributed by atoms with Crippen molar-refractivity contribution in [2.75, 3.05) is 61.5 Å². The van der Waals surface area contributed by atoms with E-state index in [9.17, 15) is 13.6 Å². The SMILES string of the molecule is C=CC(=O)Nc1cc(Nc2cc(N3OCC[C@@H]3c3ccc(F)c(Cl)c3F)ncn2)c(OC)cc1N1CCC(N(C)C)CC1. The van der Waals surface area contributed by atoms with E-state index in [2.05, 4.69) is 51.1 Å². The molecule has 2 N–H and O–H groups in total. The van der Waals surface area contributed by atoms with Crippen LogP contribution in [-0.2, 0) is 9.63 Å². The van der Waals surface area contributed by atoms with Crippen molar-refractivity contribution in [3.8, 4) is 5.75 Å². The number of hydrogen-bond acceptors (Lipinski definition) is 9. The molecule has 0 saturated carbocycles. The largest absolute Gasteiger partial charge is 0.494 e. The number of nitrogens with zero attached hydrogens (tertiary/aromatic N) is 5. The summed E-state index contributed by atoms with van der Waals surface area (Å²) in [6.45, 7) is 5.54. The van der Waals surface area contributed by atoms with E-state index in [1.165, 1.54) is 23.5 Å². The molecule has 43 heavy (non-hydrogen) atoms. The van der Waals surface area contributed by atoms with E-state index in [1.807, 2.05) is 6.07 Å². The highest BCUT2D eigenvalue weighted by Gasteiger charge is 2.32. The number of hydroxylamine groups is 1. The number of nitrogens with one attached hydrogen (secondary N) is 2. The van der Waals surface area contributed by atoms with E-state index in [-0.39, 0.29) is 11.5 Å². The highest BCUT2D eigenvalue weighted by Crippen LogP contribution is 2.41. The first-order valence-electron chi connectivity index (χ1n) is 13.9. The van der Waals surface area contributed by atoms with Gasteiger partial charge in [-0.15, -0.1) is 0 Å². The highest BCUT2D eigenvalue weighted by atomic mass is 35.5. The van der Waals surface area contributed by atoms with Gasteiger partial charge >= 0.3 is 0 Å². The smallest absolute Gasteiger partial charge is 0.247 e. The molecule has 1 atom stereocenters. The van der Waals surface area contributed by atoms with Gasteiger partial charge in [0.2, 0.25) is 5.91 Å². The average molecular weight is 614 g/mol. The molecule has 1 amide bonds. The Hall–Kier alpha value is -4.00. The van der Waals surface area contributed by atoms with Crippen molar-refractivity contribution < 1.29 is 23.1 Å². The molecule has 3 aromatic rings. The Morgan fingerprint density at radius 3 is 2.63 bits per heavy atom. The zero-order valence-corrected chi connectivity index (χ0v) is 25.0. The van der Waals surface area contributed by atoms with Crippen molar-refractivity contribution in [3.05, 3.63) is 71.5 Å². The predicted molar refractivity (Wildman–Crippen MR) is 163 cm³/mol. The third-order valence-corrected chi connectivity index (χ3v) is 8.11. The minimum Gasteiger partial charge on any atom is -0.494 e. The van der Waals surface area contributed by atoms with Gasteiger partial charge in [0.15, 0.2) is 5.82 Å². The van der Waals surface area contributed by atoms with E-state index in [0.717, 1.165) is 37.7 Å². The van der Waals surface area contributed by atoms with Gasteiger partial charge in [0.25, 0.3) is 0 Å². The molecular formula is C30H34ClF2N7O3. The molecule has 0 radical (unpaired) electrons. The lowest BCUT2D eigenvalue weighted by atomic mass is 10.0. The molecule has 3 heterocycles. The topological polar surface area (TPSA) is 95.1 Å². The number of halogens is 3. The van der Waals surface area contributed by atoms with Crippen LogP contribution in [0.5, 0.6) is 5.75 Å². The summed E-state index contributed by atoms with van der Waals surface area (Å²) in [5.74, 6) is -0.701. The molecular weight excluding hydrogens is 580 g/mol. The van der Waals surface area contributed by atoms with Gasteiger partial charge < -0.3 is 25.2 Å². The quantitative estimate of drug-likeness (QED) is 0.233. The zero-order valence-electron chi connectivity index (χ0n) is 24.2. The molecule has 228 valence electrons. The maximum atomic E-state index is 14.9. The number of aromatic nitrogens is 2. The van der Waals surface area contributed by atoms with Crippen LogP contribution in [0.15, 0.2) is 49.3 Å². The Kier molecular flexibility index (Phi) is 9.28. The molecule has 0 spiro atoms. The summed E-state index contributed by atoms with van der Waals surface area (Å²) in [6.07, 6.45) is 4.99. The van der Waals surface area contributed by atoms with Gasteiger partial charge in [0.05, 0.1) is 36.8 Å². The Bertz CT molecular complexity index is 1500. The average Bonchev–Trinajstić information content (AvgIpc) is 3.50. The lowest BCUT2D eigenvalue weighted by Crippen LogP contribution is -2.42. The fourth-order valence-electron chi connectivity index (χ4n) is 5.45. The maximum absolute atomic E-state index is 14.9. The first-order chi connectivity index (χ1) is 20.7. The first kappa shape index (κ1) is 30.5. The number of hydrogen-bond donors (Lipinski definition) is 2. The number of piperidine rings is 1. The van der Waals surface area contributed by atoms with Gasteiger partial charge in [-0.3, -0.25) is 9.63 Å². The third-order valence-electron chi connectivity index (χ3n) is 7.77. The van der Waals surface area contributed by atoms with Crippen LogP contribution in [0.25, 0.3) is 0 Å². The minimum atomic E-state index is -0.834. The summed E-state index contributed by atoms with van der Waals surface area (Å²) < 4.78 is 34.4. The van der Waals surface area contributed by atoms with Gasteiger partial charge in [-0.05, 0) is 45.1 Å². The summed E-state index contributed by atoms with van der Waals surface area (Å²) in [7, 11) is 5.75. The molecule has 2 aromatic carbocycles. The fraction of sp³-hybridized carbons (Fsp3) is 0.367. The third kappa shape index (κ3) is 6.51. The van der Waals surface area contributed by atoms with Crippen LogP contribution in [0, 0.1) is 11.6 Å². The van der Waals surface area contributed by atoms with Crippen molar-refractivity contribution in [3.63, 3.8) is 0 Å². The van der Waals surface area contributed by atoms with Gasteiger partial charge in [-0.2, -0.15) is 0 Å². The summed E-state index contributed by atoms with van der Waals surface area (Å²) in [5.41, 5.74) is 2.18. The second-order valence-electron chi connectivity index (χ2n) is 10.6. The van der Waals surface area contributed by atoms with Crippen LogP contribution in [0.4, 0.5) is 37.5 Å². The van der Waals surface area contributed by atoms with Crippen molar-refractivity contribution in [2.24, 2.45) is 0 Å². The number of rotatable bonds is 9. The fourth-order valence-corrected chi connectivity index (χ4v) is 5.63. The van der Waals surface area contributed by atoms with Crippen LogP contribution in [0.3, 0.4) is 0 Å². The van der Waals surface area contributed by atoms with Gasteiger partial charge in [-0.25, -0.2) is 23.8 Å². The number of methoxy groups -OCH3 is 1. The number of anilines is 5. The molecule has 2 fully saturated rings. The number of ether oxygens (including phenoxy) is 1. The first-order valence-corrected chi connectivity index (χ1v) is 14.3. The number of carbonyl (C=O) groups excluding carboxylic acids is 1. The van der Waals surface area contributed by atoms with E-state index >= 15 is 0 Å². The molecule has 10 nitrogen and oxygen atoms in total. The van der Waals surface area contributed by atoms with Crippen LogP contribution in [0.2, 0.25) is 5.02 Å². The zero-order chi connectivity index (χ0) is 30.7. The van der Waals surface area contributed by atoms with E-state index in [0.29, 0.717) is 47.8 Å². The molecule has 2 aliphatic heterocycles. The van der Waals surface area contributed by atoms with Gasteiger partial charge in [0.1, 0.15) is 34.6 Å². The molecule has 0 aliphatic carbocycles. The second-order valence-corrected chi connectivity index (χ2v) is 10.9. The van der Waals surface area contributed by atoms with Crippen molar-refractivity contribution in [2.45, 2.75) is 31.3 Å². The van der Waals surface area contributed by atoms with Crippen LogP contribution in [0.1, 0.15) is 30.9 Å². The molecule has 13 heteroatoms. The highest BCUT2D eigenvalue weighted by molar-refractivity contribution is 6.31. The summed E-state index contributed by atoms with van der Waals surface area (Å²) in [4.78, 5) is 31.3. The molecule has 1 aromatic heterocycles. The minimum absolute atomic E-state index is 0.200. The normalized spacial score (nSPS) is 17.3. The van der Waals surface area contributed by atoms with Crippen LogP contribution in [-0.4, -0.2) is 67.7 Å². The predicted octanol–water partition coefficient (Wildman–Crippen LogP) is 5.70. The standard InChI is InChI=1S/C30H34ClF2N7O3/c1-5-28(41)37-21-14-22(25(42-4)15-24(21)39-11-8-18(9-12-39)38(2)3)36-26-16-27(35-17-34-26)40-23(10-13-43-40)19-6-7-20(32)29(31)30(19)33/h5-7,14-18,23H,1,8-13H2,2-4H3,(H,37,41)(H,34,35,36)/t23-/m1/s1. The van der Waals surface area contributed by atoms with Crippen molar-refractivity contribution in [1.82, 2.24) is 14.9 Å². The Morgan fingerprint density at radius 2 is 1.93 bits per heavy atom. The lowest BCUT2D eigenvalue weighted by molar-refractivity contribution is -0.111. The molecule has 2 aliphatic rings. The van der Waals surface area contributed by atoms with Crippen LogP contribution >= 0.6 is 11.6 Å². The van der Waals surface area contributed by atoms with E-state index in [4.69, 9.17) is 21.2 Å². The van der Waals surface area contributed by atoms with Crippen molar-refractivity contribution in [1.29, 1.82) is 0 Å². The monoisotopic (exact) mass is 613 g/mol. The maximum Gasteiger partial charge on any atom is 0.247 e. The lowest BCUT2D eigenvalue weighted by Gasteiger charge is -2.37. The summed E-state index contributed by atoms with van der Waals surface area (Å²) in [6, 6.07) is 7.73. The molecule has 0 bridgehead atoms. The molecule has 5 rings (SSSR count). The van der Waals surface area contributed by atoms with E-state index < -0.39 is 22.7 Å². The Morgan fingerprint density at radius 1 is 1.16 bits per heavy atom. The van der Waals surface area contributed by atoms with Crippen molar-refractivity contribution >= 4 is 46.2 Å². The molecule has 2 saturated heterocycles. The number of amides is 1. The van der Waals surface area contributed by atoms with E-state index in [1.54, 1.807) is 19.2 Å². The van der Waals surface area contributed by atoms with Gasteiger partial charge in [-0.1, -0.05) is 24.2 Å². The van der Waals surface area contributed by atoms with Gasteiger partial charge in [0, 0.05) is 43.2 Å². The second kappa shape index (κ2) is 13.1. The Balaban J connectivity index is 1.43. The van der Waals surface area contributed by atoms with Crippen LogP contribution < -0.4 is 25.3 Å². The Labute approximate surface area is 254 Å². The number of benzene rings is 2. The number of carbonyl (C=O) groups is 1. The summed E-state index contributed by atoms with van der Waals surface area (Å²) in [5, 5.41) is 7.07.